The zero-order chi connectivity index (χ0) is 23.2. The van der Waals surface area contributed by atoms with Crippen molar-refractivity contribution in [2.45, 2.75) is 33.5 Å². The van der Waals surface area contributed by atoms with Crippen molar-refractivity contribution in [3.8, 4) is 0 Å². The number of carbonyl (C=O) groups is 1. The van der Waals surface area contributed by atoms with E-state index >= 15 is 0 Å². The van der Waals surface area contributed by atoms with Crippen molar-refractivity contribution >= 4 is 11.7 Å². The molecule has 2 amide bonds. The molecule has 7 nitrogen and oxygen atoms in total. The number of carbonyl (C=O) groups excluding carboxylic acids is 1. The van der Waals surface area contributed by atoms with Gasteiger partial charge in [0.25, 0.3) is 0 Å². The number of nitrogens with one attached hydrogen (secondary N) is 2. The van der Waals surface area contributed by atoms with Gasteiger partial charge in [-0.05, 0) is 55.8 Å². The largest absolute Gasteiger partial charge is 0.334 e. The van der Waals surface area contributed by atoms with Crippen LogP contribution in [-0.4, -0.2) is 58.8 Å². The summed E-state index contributed by atoms with van der Waals surface area (Å²) in [6.07, 6.45) is 0. The molecule has 1 saturated heterocycles. The lowest BCUT2D eigenvalue weighted by molar-refractivity contribution is 0.148. The van der Waals surface area contributed by atoms with E-state index in [-0.39, 0.29) is 6.03 Å². The van der Waals surface area contributed by atoms with E-state index in [1.165, 1.54) is 5.56 Å². The van der Waals surface area contributed by atoms with Gasteiger partial charge in [0.1, 0.15) is 0 Å². The number of hydrogen-bond donors (Lipinski definition) is 2. The van der Waals surface area contributed by atoms with E-state index in [1.54, 1.807) is 0 Å². The molecule has 0 aliphatic carbocycles. The molecule has 1 aromatic heterocycles. The Morgan fingerprint density at radius 3 is 2.33 bits per heavy atom. The minimum Gasteiger partial charge on any atom is -0.334 e. The van der Waals surface area contributed by atoms with Crippen LogP contribution < -0.4 is 10.6 Å². The number of benzene rings is 2. The van der Waals surface area contributed by atoms with Crippen LogP contribution in [0.5, 0.6) is 0 Å². The Bertz CT molecular complexity index is 1070. The van der Waals surface area contributed by atoms with E-state index < -0.39 is 0 Å². The average molecular weight is 447 g/mol. The number of amides is 2. The lowest BCUT2D eigenvalue weighted by Crippen LogP contribution is -2.43. The number of piperazine rings is 1. The molecule has 4 rings (SSSR count). The molecule has 0 atom stereocenters. The van der Waals surface area contributed by atoms with E-state index in [9.17, 15) is 4.79 Å². The lowest BCUT2D eigenvalue weighted by Gasteiger charge is -2.32. The average Bonchev–Trinajstić information content (AvgIpc) is 3.11. The highest BCUT2D eigenvalue weighted by Gasteiger charge is 2.13. The van der Waals surface area contributed by atoms with Crippen molar-refractivity contribution in [1.29, 1.82) is 0 Å². The number of rotatable bonds is 7. The summed E-state index contributed by atoms with van der Waals surface area (Å²) < 4.78 is 1.97. The lowest BCUT2D eigenvalue weighted by atomic mass is 10.1. The third kappa shape index (κ3) is 6.66. The van der Waals surface area contributed by atoms with Gasteiger partial charge in [0.2, 0.25) is 0 Å². The SMILES string of the molecule is Cc1cc(C)n(Cc2cccc(NC(=O)NCc3ccc(CN4CCN(C)CC4)cc3)c2)n1. The maximum absolute atomic E-state index is 12.4. The maximum Gasteiger partial charge on any atom is 0.319 e. The second-order valence-electron chi connectivity index (χ2n) is 8.99. The zero-order valence-electron chi connectivity index (χ0n) is 19.8. The van der Waals surface area contributed by atoms with Gasteiger partial charge in [0, 0.05) is 50.6 Å². The highest BCUT2D eigenvalue weighted by molar-refractivity contribution is 5.89. The van der Waals surface area contributed by atoms with Crippen LogP contribution in [0.3, 0.4) is 0 Å². The first-order chi connectivity index (χ1) is 15.9. The van der Waals surface area contributed by atoms with E-state index in [2.05, 4.69) is 69.8 Å². The summed E-state index contributed by atoms with van der Waals surface area (Å²) in [5.41, 5.74) is 6.40. The summed E-state index contributed by atoms with van der Waals surface area (Å²) in [4.78, 5) is 17.3. The highest BCUT2D eigenvalue weighted by atomic mass is 16.2. The molecule has 0 radical (unpaired) electrons. The zero-order valence-corrected chi connectivity index (χ0v) is 19.8. The Labute approximate surface area is 196 Å². The molecule has 0 bridgehead atoms. The minimum absolute atomic E-state index is 0.209. The quantitative estimate of drug-likeness (QED) is 0.582. The second kappa shape index (κ2) is 10.6. The van der Waals surface area contributed by atoms with Crippen molar-refractivity contribution in [2.75, 3.05) is 38.5 Å². The van der Waals surface area contributed by atoms with Crippen molar-refractivity contribution in [3.63, 3.8) is 0 Å². The van der Waals surface area contributed by atoms with Crippen LogP contribution in [0.1, 0.15) is 28.1 Å². The van der Waals surface area contributed by atoms with E-state index in [0.29, 0.717) is 13.1 Å². The van der Waals surface area contributed by atoms with Gasteiger partial charge in [0.05, 0.1) is 12.2 Å². The van der Waals surface area contributed by atoms with E-state index in [0.717, 1.165) is 60.9 Å². The number of aryl methyl sites for hydroxylation is 2. The number of likely N-dealkylation sites (N-methyl/N-ethyl adjacent to an activating group) is 1. The van der Waals surface area contributed by atoms with Crippen LogP contribution >= 0.6 is 0 Å². The number of nitrogens with zero attached hydrogens (tertiary/aromatic N) is 4. The topological polar surface area (TPSA) is 65.4 Å². The van der Waals surface area contributed by atoms with Gasteiger partial charge in [-0.1, -0.05) is 36.4 Å². The molecular formula is C26H34N6O. The Kier molecular flexibility index (Phi) is 7.42. The highest BCUT2D eigenvalue weighted by Crippen LogP contribution is 2.14. The van der Waals surface area contributed by atoms with Crippen LogP contribution in [-0.2, 0) is 19.6 Å². The predicted octanol–water partition coefficient (Wildman–Crippen LogP) is 3.62. The van der Waals surface area contributed by atoms with Gasteiger partial charge in [-0.25, -0.2) is 4.79 Å². The minimum atomic E-state index is -0.209. The van der Waals surface area contributed by atoms with Gasteiger partial charge in [-0.2, -0.15) is 5.10 Å². The van der Waals surface area contributed by atoms with Crippen molar-refractivity contribution in [2.24, 2.45) is 0 Å². The smallest absolute Gasteiger partial charge is 0.319 e. The van der Waals surface area contributed by atoms with Crippen LogP contribution in [0.25, 0.3) is 0 Å². The fraction of sp³-hybridized carbons (Fsp3) is 0.385. The number of anilines is 1. The molecule has 2 aromatic carbocycles. The van der Waals surface area contributed by atoms with E-state index in [4.69, 9.17) is 0 Å². The molecule has 1 aliphatic heterocycles. The van der Waals surface area contributed by atoms with E-state index in [1.807, 2.05) is 35.9 Å². The van der Waals surface area contributed by atoms with Gasteiger partial charge in [0.15, 0.2) is 0 Å². The monoisotopic (exact) mass is 446 g/mol. The number of aromatic nitrogens is 2. The first-order valence-electron chi connectivity index (χ1n) is 11.6. The van der Waals surface area contributed by atoms with Gasteiger partial charge < -0.3 is 15.5 Å². The summed E-state index contributed by atoms with van der Waals surface area (Å²) >= 11 is 0. The Morgan fingerprint density at radius 1 is 0.909 bits per heavy atom. The van der Waals surface area contributed by atoms with Crippen LogP contribution in [0, 0.1) is 13.8 Å². The van der Waals surface area contributed by atoms with Gasteiger partial charge in [-0.15, -0.1) is 0 Å². The number of hydrogen-bond acceptors (Lipinski definition) is 4. The second-order valence-corrected chi connectivity index (χ2v) is 8.99. The fourth-order valence-corrected chi connectivity index (χ4v) is 4.14. The maximum atomic E-state index is 12.4. The molecule has 1 fully saturated rings. The standard InChI is InChI=1S/C26H34N6O/c1-20-15-21(2)32(29-20)19-24-5-4-6-25(16-24)28-26(33)27-17-22-7-9-23(10-8-22)18-31-13-11-30(3)12-14-31/h4-10,15-16H,11-14,17-19H2,1-3H3,(H2,27,28,33). The molecule has 2 N–H and O–H groups in total. The van der Waals surface area contributed by atoms with Crippen LogP contribution in [0.15, 0.2) is 54.6 Å². The molecule has 0 unspecified atom stereocenters. The number of urea groups is 1. The summed E-state index contributed by atoms with van der Waals surface area (Å²) in [6, 6.07) is 18.3. The Hall–Kier alpha value is -3.16. The summed E-state index contributed by atoms with van der Waals surface area (Å²) in [5, 5.41) is 10.4. The molecular weight excluding hydrogens is 412 g/mol. The molecule has 1 aliphatic rings. The molecule has 0 spiro atoms. The molecule has 3 aromatic rings. The summed E-state index contributed by atoms with van der Waals surface area (Å²) in [6.45, 7) is 10.7. The Morgan fingerprint density at radius 2 is 1.64 bits per heavy atom. The third-order valence-corrected chi connectivity index (χ3v) is 6.10. The molecule has 33 heavy (non-hydrogen) atoms. The van der Waals surface area contributed by atoms with Gasteiger partial charge in [-0.3, -0.25) is 9.58 Å². The predicted molar refractivity (Wildman–Crippen MR) is 132 cm³/mol. The van der Waals surface area contributed by atoms with Crippen molar-refractivity contribution < 1.29 is 4.79 Å². The summed E-state index contributed by atoms with van der Waals surface area (Å²) in [7, 11) is 2.18. The van der Waals surface area contributed by atoms with Crippen molar-refractivity contribution in [1.82, 2.24) is 24.9 Å². The van der Waals surface area contributed by atoms with Gasteiger partial charge >= 0.3 is 6.03 Å². The normalized spacial score (nSPS) is 14.9. The first kappa shape index (κ1) is 23.0. The third-order valence-electron chi connectivity index (χ3n) is 6.10. The Balaban J connectivity index is 1.25. The molecule has 7 heteroatoms. The molecule has 2 heterocycles. The van der Waals surface area contributed by atoms with Crippen molar-refractivity contribution in [3.05, 3.63) is 82.7 Å². The van der Waals surface area contributed by atoms with Crippen LogP contribution in [0.4, 0.5) is 10.5 Å². The summed E-state index contributed by atoms with van der Waals surface area (Å²) in [5.74, 6) is 0. The first-order valence-corrected chi connectivity index (χ1v) is 11.6. The molecule has 174 valence electrons. The van der Waals surface area contributed by atoms with Crippen LogP contribution in [0.2, 0.25) is 0 Å². The molecule has 0 saturated carbocycles. The fourth-order valence-electron chi connectivity index (χ4n) is 4.14.